The van der Waals surface area contributed by atoms with Crippen LogP contribution >= 0.6 is 23.2 Å². The van der Waals surface area contributed by atoms with Crippen molar-refractivity contribution >= 4 is 39.1 Å². The average Bonchev–Trinajstić information content (AvgIpc) is 2.85. The molecule has 0 unspecified atom stereocenters. The van der Waals surface area contributed by atoms with Crippen LogP contribution in [-0.4, -0.2) is 56.3 Å². The van der Waals surface area contributed by atoms with Gasteiger partial charge in [0.05, 0.1) is 11.5 Å². The normalized spacial score (nSPS) is 19.1. The van der Waals surface area contributed by atoms with Crippen LogP contribution in [-0.2, 0) is 14.8 Å². The molecule has 2 saturated heterocycles. The van der Waals surface area contributed by atoms with E-state index in [1.165, 1.54) is 16.4 Å². The molecule has 2 heterocycles. The van der Waals surface area contributed by atoms with Crippen molar-refractivity contribution in [3.05, 3.63) is 58.6 Å². The van der Waals surface area contributed by atoms with Gasteiger partial charge < -0.3 is 9.64 Å². The third kappa shape index (κ3) is 6.06. The van der Waals surface area contributed by atoms with E-state index in [1.54, 1.807) is 24.3 Å². The van der Waals surface area contributed by atoms with Gasteiger partial charge in [-0.1, -0.05) is 23.2 Å². The van der Waals surface area contributed by atoms with Gasteiger partial charge in [-0.05, 0) is 80.6 Å². The van der Waals surface area contributed by atoms with Crippen molar-refractivity contribution in [2.24, 2.45) is 5.41 Å². The van der Waals surface area contributed by atoms with E-state index >= 15 is 0 Å². The van der Waals surface area contributed by atoms with Gasteiger partial charge in [-0.25, -0.2) is 8.42 Å². The molecule has 0 spiro atoms. The lowest BCUT2D eigenvalue weighted by Crippen LogP contribution is -2.48. The lowest BCUT2D eigenvalue weighted by Gasteiger charge is -2.42. The molecule has 2 aromatic rings. The Labute approximate surface area is 211 Å². The molecule has 4 rings (SSSR count). The Hall–Kier alpha value is -1.80. The van der Waals surface area contributed by atoms with E-state index in [0.29, 0.717) is 54.8 Å². The lowest BCUT2D eigenvalue weighted by molar-refractivity contribution is -0.136. The quantitative estimate of drug-likeness (QED) is 0.496. The fourth-order valence-electron chi connectivity index (χ4n) is 4.67. The Bertz CT molecular complexity index is 1080. The number of ether oxygens (including phenoxy) is 1. The summed E-state index contributed by atoms with van der Waals surface area (Å²) in [5.41, 5.74) is -0.430. The molecular weight excluding hydrogens is 495 g/mol. The Morgan fingerprint density at radius 1 is 0.853 bits per heavy atom. The van der Waals surface area contributed by atoms with E-state index in [-0.39, 0.29) is 10.8 Å². The SMILES string of the molecule is O=C(CC1(COc2ccc(Cl)cc2)CCN(S(=O)(=O)c2ccc(Cl)cc2)CC1)N1CCCCC1. The van der Waals surface area contributed by atoms with Crippen LogP contribution in [0.3, 0.4) is 0 Å². The molecule has 6 nitrogen and oxygen atoms in total. The highest BCUT2D eigenvalue weighted by Crippen LogP contribution is 2.38. The van der Waals surface area contributed by atoms with Crippen molar-refractivity contribution in [1.29, 1.82) is 0 Å². The zero-order valence-corrected chi connectivity index (χ0v) is 21.4. The minimum absolute atomic E-state index is 0.133. The minimum Gasteiger partial charge on any atom is -0.493 e. The number of hydrogen-bond donors (Lipinski definition) is 0. The zero-order chi connectivity index (χ0) is 24.2. The summed E-state index contributed by atoms with van der Waals surface area (Å²) in [4.78, 5) is 15.3. The Morgan fingerprint density at radius 2 is 1.41 bits per heavy atom. The van der Waals surface area contributed by atoms with E-state index in [4.69, 9.17) is 27.9 Å². The van der Waals surface area contributed by atoms with Crippen LogP contribution in [0.4, 0.5) is 0 Å². The number of halogens is 2. The molecule has 0 atom stereocenters. The van der Waals surface area contributed by atoms with Crippen LogP contribution in [0.2, 0.25) is 10.0 Å². The minimum atomic E-state index is -3.63. The molecule has 2 fully saturated rings. The number of sulfonamides is 1. The van der Waals surface area contributed by atoms with Gasteiger partial charge in [0.2, 0.25) is 15.9 Å². The first-order valence-electron chi connectivity index (χ1n) is 11.7. The number of carbonyl (C=O) groups excluding carboxylic acids is 1. The number of amides is 1. The Balaban J connectivity index is 1.48. The highest BCUT2D eigenvalue weighted by atomic mass is 35.5. The second kappa shape index (κ2) is 10.9. The summed E-state index contributed by atoms with van der Waals surface area (Å²) >= 11 is 11.9. The number of nitrogens with zero attached hydrogens (tertiary/aromatic N) is 2. The Kier molecular flexibility index (Phi) is 8.08. The van der Waals surface area contributed by atoms with Gasteiger partial charge >= 0.3 is 0 Å². The molecule has 0 N–H and O–H groups in total. The van der Waals surface area contributed by atoms with Gasteiger partial charge in [0.15, 0.2) is 0 Å². The summed E-state index contributed by atoms with van der Waals surface area (Å²) in [6.07, 6.45) is 4.68. The lowest BCUT2D eigenvalue weighted by atomic mass is 9.76. The highest BCUT2D eigenvalue weighted by Gasteiger charge is 2.41. The number of piperidine rings is 2. The third-order valence-electron chi connectivity index (χ3n) is 6.83. The fraction of sp³-hybridized carbons (Fsp3) is 0.480. The van der Waals surface area contributed by atoms with E-state index in [0.717, 1.165) is 32.4 Å². The summed E-state index contributed by atoms with van der Waals surface area (Å²) in [5.74, 6) is 0.818. The maximum absolute atomic E-state index is 13.2. The second-order valence-corrected chi connectivity index (χ2v) is 12.0. The van der Waals surface area contributed by atoms with Gasteiger partial charge in [0.1, 0.15) is 5.75 Å². The standard InChI is InChI=1S/C25H30Cl2N2O4S/c26-20-4-8-22(9-5-20)33-19-25(18-24(30)28-14-2-1-3-15-28)12-16-29(17-13-25)34(31,32)23-10-6-21(27)7-11-23/h4-11H,1-3,12-19H2. The number of hydrogen-bond acceptors (Lipinski definition) is 4. The third-order valence-corrected chi connectivity index (χ3v) is 9.24. The van der Waals surface area contributed by atoms with E-state index in [9.17, 15) is 13.2 Å². The first kappa shape index (κ1) is 25.3. The predicted molar refractivity (Wildman–Crippen MR) is 134 cm³/mol. The van der Waals surface area contributed by atoms with Gasteiger partial charge in [-0.3, -0.25) is 4.79 Å². The van der Waals surface area contributed by atoms with Gasteiger partial charge in [0, 0.05) is 48.1 Å². The molecule has 0 bridgehead atoms. The number of benzene rings is 2. The van der Waals surface area contributed by atoms with Crippen LogP contribution < -0.4 is 4.74 Å². The topological polar surface area (TPSA) is 66.9 Å². The summed E-state index contributed by atoms with van der Waals surface area (Å²) in [6.45, 7) is 2.61. The first-order chi connectivity index (χ1) is 16.3. The van der Waals surface area contributed by atoms with E-state index in [1.807, 2.05) is 17.0 Å². The number of likely N-dealkylation sites (tertiary alicyclic amines) is 1. The van der Waals surface area contributed by atoms with E-state index in [2.05, 4.69) is 0 Å². The molecule has 0 radical (unpaired) electrons. The molecule has 184 valence electrons. The molecule has 2 aromatic carbocycles. The summed E-state index contributed by atoms with van der Waals surface area (Å²) < 4.78 is 33.9. The number of rotatable bonds is 7. The summed E-state index contributed by atoms with van der Waals surface area (Å²) in [6, 6.07) is 13.4. The highest BCUT2D eigenvalue weighted by molar-refractivity contribution is 7.89. The van der Waals surface area contributed by atoms with Crippen molar-refractivity contribution in [3.8, 4) is 5.75 Å². The zero-order valence-electron chi connectivity index (χ0n) is 19.1. The molecule has 0 saturated carbocycles. The van der Waals surface area contributed by atoms with Crippen LogP contribution in [0.25, 0.3) is 0 Å². The van der Waals surface area contributed by atoms with Crippen molar-refractivity contribution in [1.82, 2.24) is 9.21 Å². The molecule has 0 aromatic heterocycles. The van der Waals surface area contributed by atoms with Crippen LogP contribution in [0.15, 0.2) is 53.4 Å². The van der Waals surface area contributed by atoms with Crippen molar-refractivity contribution in [2.45, 2.75) is 43.4 Å². The van der Waals surface area contributed by atoms with Crippen molar-refractivity contribution in [3.63, 3.8) is 0 Å². The average molecular weight is 525 g/mol. The molecular formula is C25H30Cl2N2O4S. The van der Waals surface area contributed by atoms with Gasteiger partial charge in [-0.2, -0.15) is 4.31 Å². The molecule has 2 aliphatic heterocycles. The van der Waals surface area contributed by atoms with Crippen LogP contribution in [0.1, 0.15) is 38.5 Å². The summed E-state index contributed by atoms with van der Waals surface area (Å²) in [7, 11) is -3.63. The molecule has 9 heteroatoms. The van der Waals surface area contributed by atoms with Gasteiger partial charge in [0.25, 0.3) is 0 Å². The summed E-state index contributed by atoms with van der Waals surface area (Å²) in [5, 5.41) is 1.12. The van der Waals surface area contributed by atoms with Crippen LogP contribution in [0, 0.1) is 5.41 Å². The van der Waals surface area contributed by atoms with Gasteiger partial charge in [-0.15, -0.1) is 0 Å². The first-order valence-corrected chi connectivity index (χ1v) is 13.9. The maximum atomic E-state index is 13.2. The molecule has 0 aliphatic carbocycles. The van der Waals surface area contributed by atoms with Crippen molar-refractivity contribution in [2.75, 3.05) is 32.8 Å². The smallest absolute Gasteiger partial charge is 0.243 e. The monoisotopic (exact) mass is 524 g/mol. The van der Waals surface area contributed by atoms with Crippen molar-refractivity contribution < 1.29 is 17.9 Å². The van der Waals surface area contributed by atoms with Crippen LogP contribution in [0.5, 0.6) is 5.75 Å². The Morgan fingerprint density at radius 3 is 2.00 bits per heavy atom. The second-order valence-electron chi connectivity index (χ2n) is 9.22. The predicted octanol–water partition coefficient (Wildman–Crippen LogP) is 5.25. The fourth-order valence-corrected chi connectivity index (χ4v) is 6.37. The molecule has 34 heavy (non-hydrogen) atoms. The number of carbonyl (C=O) groups is 1. The maximum Gasteiger partial charge on any atom is 0.243 e. The molecule has 2 aliphatic rings. The molecule has 1 amide bonds. The van der Waals surface area contributed by atoms with E-state index < -0.39 is 15.4 Å². The largest absolute Gasteiger partial charge is 0.493 e.